The molecule has 0 aromatic heterocycles. The molecule has 86 valence electrons. The van der Waals surface area contributed by atoms with Crippen molar-refractivity contribution >= 4 is 5.91 Å². The molecule has 1 saturated heterocycles. The van der Waals surface area contributed by atoms with Crippen LogP contribution in [0, 0.1) is 0 Å². The Morgan fingerprint density at radius 1 is 1.20 bits per heavy atom. The van der Waals surface area contributed by atoms with Gasteiger partial charge in [0.15, 0.2) is 0 Å². The van der Waals surface area contributed by atoms with E-state index >= 15 is 0 Å². The molecule has 4 heteroatoms. The minimum atomic E-state index is -0.343. The molecule has 1 saturated carbocycles. The summed E-state index contributed by atoms with van der Waals surface area (Å²) in [6, 6.07) is -0.0484. The fourth-order valence-corrected chi connectivity index (χ4v) is 2.47. The molecule has 0 spiro atoms. The van der Waals surface area contributed by atoms with E-state index in [4.69, 9.17) is 0 Å². The second-order valence-corrected chi connectivity index (χ2v) is 4.62. The van der Waals surface area contributed by atoms with Gasteiger partial charge in [-0.1, -0.05) is 12.8 Å². The highest BCUT2D eigenvalue weighted by atomic mass is 16.3. The zero-order valence-electron chi connectivity index (χ0n) is 9.04. The number of amides is 1. The van der Waals surface area contributed by atoms with Crippen molar-refractivity contribution in [3.63, 3.8) is 0 Å². The van der Waals surface area contributed by atoms with Crippen molar-refractivity contribution in [2.75, 3.05) is 6.54 Å². The Morgan fingerprint density at radius 3 is 2.67 bits per heavy atom. The molecule has 0 aromatic carbocycles. The van der Waals surface area contributed by atoms with Crippen LogP contribution in [0.5, 0.6) is 0 Å². The van der Waals surface area contributed by atoms with Crippen molar-refractivity contribution < 1.29 is 9.90 Å². The summed E-state index contributed by atoms with van der Waals surface area (Å²) in [5.41, 5.74) is 0. The normalized spacial score (nSPS) is 36.5. The summed E-state index contributed by atoms with van der Waals surface area (Å²) in [6.45, 7) is 0.936. The largest absolute Gasteiger partial charge is 0.391 e. The average Bonchev–Trinajstić information content (AvgIpc) is 2.74. The Balaban J connectivity index is 1.81. The van der Waals surface area contributed by atoms with E-state index in [1.807, 2.05) is 0 Å². The smallest absolute Gasteiger partial charge is 0.237 e. The van der Waals surface area contributed by atoms with Gasteiger partial charge >= 0.3 is 0 Å². The van der Waals surface area contributed by atoms with E-state index in [0.717, 1.165) is 45.1 Å². The first-order valence-corrected chi connectivity index (χ1v) is 5.99. The average molecular weight is 212 g/mol. The standard InChI is InChI=1S/C11H20N2O2/c14-10-6-2-1-4-8(10)13-11(15)9-5-3-7-12-9/h8-10,12,14H,1-7H2,(H,13,15). The van der Waals surface area contributed by atoms with E-state index in [-0.39, 0.29) is 24.1 Å². The first kappa shape index (κ1) is 10.9. The van der Waals surface area contributed by atoms with Gasteiger partial charge in [0.1, 0.15) is 0 Å². The minimum absolute atomic E-state index is 0.0198. The topological polar surface area (TPSA) is 61.4 Å². The number of rotatable bonds is 2. The highest BCUT2D eigenvalue weighted by molar-refractivity contribution is 5.82. The maximum absolute atomic E-state index is 11.8. The third-order valence-electron chi connectivity index (χ3n) is 3.43. The molecule has 3 unspecified atom stereocenters. The van der Waals surface area contributed by atoms with Gasteiger partial charge in [-0.2, -0.15) is 0 Å². The van der Waals surface area contributed by atoms with E-state index < -0.39 is 0 Å². The first-order valence-electron chi connectivity index (χ1n) is 5.99. The monoisotopic (exact) mass is 212 g/mol. The van der Waals surface area contributed by atoms with Crippen LogP contribution in [-0.2, 0) is 4.79 Å². The molecule has 15 heavy (non-hydrogen) atoms. The lowest BCUT2D eigenvalue weighted by Gasteiger charge is -2.29. The highest BCUT2D eigenvalue weighted by Gasteiger charge is 2.28. The summed E-state index contributed by atoms with van der Waals surface area (Å²) in [5.74, 6) is 0.0680. The van der Waals surface area contributed by atoms with Crippen LogP contribution in [0.2, 0.25) is 0 Å². The van der Waals surface area contributed by atoms with Crippen LogP contribution < -0.4 is 10.6 Å². The molecule has 0 bridgehead atoms. The van der Waals surface area contributed by atoms with Crippen molar-refractivity contribution in [1.29, 1.82) is 0 Å². The summed E-state index contributed by atoms with van der Waals surface area (Å²) in [5, 5.41) is 15.9. The van der Waals surface area contributed by atoms with E-state index in [0.29, 0.717) is 0 Å². The van der Waals surface area contributed by atoms with Crippen LogP contribution in [0.4, 0.5) is 0 Å². The fraction of sp³-hybridized carbons (Fsp3) is 0.909. The second kappa shape index (κ2) is 4.94. The third kappa shape index (κ3) is 2.69. The Labute approximate surface area is 90.4 Å². The van der Waals surface area contributed by atoms with Gasteiger partial charge in [0.25, 0.3) is 0 Å². The maximum atomic E-state index is 11.8. The second-order valence-electron chi connectivity index (χ2n) is 4.62. The molecule has 1 heterocycles. The van der Waals surface area contributed by atoms with Gasteiger partial charge in [0.05, 0.1) is 18.2 Å². The summed E-state index contributed by atoms with van der Waals surface area (Å²) >= 11 is 0. The number of aliphatic hydroxyl groups is 1. The highest BCUT2D eigenvalue weighted by Crippen LogP contribution is 2.18. The van der Waals surface area contributed by atoms with Crippen LogP contribution in [0.25, 0.3) is 0 Å². The molecule has 1 aliphatic carbocycles. The quantitative estimate of drug-likeness (QED) is 0.611. The molecule has 4 nitrogen and oxygen atoms in total. The summed E-state index contributed by atoms with van der Waals surface area (Å²) in [4.78, 5) is 11.8. The van der Waals surface area contributed by atoms with Gasteiger partial charge in [-0.05, 0) is 32.2 Å². The van der Waals surface area contributed by atoms with Crippen molar-refractivity contribution in [3.05, 3.63) is 0 Å². The van der Waals surface area contributed by atoms with Crippen molar-refractivity contribution in [3.8, 4) is 0 Å². The molecule has 3 N–H and O–H groups in total. The number of nitrogens with one attached hydrogen (secondary N) is 2. The number of hydrogen-bond donors (Lipinski definition) is 3. The van der Waals surface area contributed by atoms with Crippen LogP contribution in [0.3, 0.4) is 0 Å². The molecular weight excluding hydrogens is 192 g/mol. The maximum Gasteiger partial charge on any atom is 0.237 e. The van der Waals surface area contributed by atoms with Crippen LogP contribution in [-0.4, -0.2) is 35.7 Å². The molecule has 1 aliphatic heterocycles. The van der Waals surface area contributed by atoms with Gasteiger partial charge in [-0.25, -0.2) is 0 Å². The molecule has 0 aromatic rings. The van der Waals surface area contributed by atoms with Crippen LogP contribution in [0.1, 0.15) is 38.5 Å². The Kier molecular flexibility index (Phi) is 3.59. The number of carbonyl (C=O) groups is 1. The van der Waals surface area contributed by atoms with Gasteiger partial charge in [-0.3, -0.25) is 4.79 Å². The van der Waals surface area contributed by atoms with E-state index in [1.54, 1.807) is 0 Å². The zero-order chi connectivity index (χ0) is 10.7. The molecule has 3 atom stereocenters. The van der Waals surface area contributed by atoms with Crippen molar-refractivity contribution in [1.82, 2.24) is 10.6 Å². The Morgan fingerprint density at radius 2 is 2.00 bits per heavy atom. The lowest BCUT2D eigenvalue weighted by atomic mass is 9.92. The summed E-state index contributed by atoms with van der Waals surface area (Å²) < 4.78 is 0. The third-order valence-corrected chi connectivity index (χ3v) is 3.43. The Bertz CT molecular complexity index is 227. The molecule has 2 fully saturated rings. The molecule has 2 aliphatic rings. The van der Waals surface area contributed by atoms with E-state index in [2.05, 4.69) is 10.6 Å². The van der Waals surface area contributed by atoms with Crippen molar-refractivity contribution in [2.45, 2.75) is 56.7 Å². The molecule has 1 amide bonds. The lowest BCUT2D eigenvalue weighted by molar-refractivity contribution is -0.124. The summed E-state index contributed by atoms with van der Waals surface area (Å²) in [7, 11) is 0. The summed E-state index contributed by atoms with van der Waals surface area (Å²) in [6.07, 6.45) is 5.59. The fourth-order valence-electron chi connectivity index (χ4n) is 2.47. The van der Waals surface area contributed by atoms with Gasteiger partial charge in [-0.15, -0.1) is 0 Å². The van der Waals surface area contributed by atoms with Crippen molar-refractivity contribution in [2.24, 2.45) is 0 Å². The van der Waals surface area contributed by atoms with Gasteiger partial charge in [0.2, 0.25) is 5.91 Å². The van der Waals surface area contributed by atoms with Gasteiger partial charge < -0.3 is 15.7 Å². The first-order chi connectivity index (χ1) is 7.27. The number of carbonyl (C=O) groups excluding carboxylic acids is 1. The van der Waals surface area contributed by atoms with Crippen LogP contribution >= 0.6 is 0 Å². The SMILES string of the molecule is O=C(NC1CCCCC1O)C1CCCN1. The van der Waals surface area contributed by atoms with Gasteiger partial charge in [0, 0.05) is 0 Å². The zero-order valence-corrected chi connectivity index (χ0v) is 9.04. The number of aliphatic hydroxyl groups excluding tert-OH is 1. The lowest BCUT2D eigenvalue weighted by Crippen LogP contribution is -2.50. The molecule has 0 radical (unpaired) electrons. The molecular formula is C11H20N2O2. The number of hydrogen-bond acceptors (Lipinski definition) is 3. The Hall–Kier alpha value is -0.610. The molecule has 2 rings (SSSR count). The minimum Gasteiger partial charge on any atom is -0.391 e. The predicted octanol–water partition coefficient (Wildman–Crippen LogP) is 0.158. The van der Waals surface area contributed by atoms with E-state index in [1.165, 1.54) is 0 Å². The van der Waals surface area contributed by atoms with Crippen LogP contribution in [0.15, 0.2) is 0 Å². The predicted molar refractivity (Wildman–Crippen MR) is 57.4 cm³/mol. The van der Waals surface area contributed by atoms with E-state index in [9.17, 15) is 9.90 Å².